The van der Waals surface area contributed by atoms with E-state index in [4.69, 9.17) is 5.73 Å². The monoisotopic (exact) mass is 333 g/mol. The molecule has 126 valence electrons. The lowest BCUT2D eigenvalue weighted by molar-refractivity contribution is -0.125. The van der Waals surface area contributed by atoms with Gasteiger partial charge < -0.3 is 15.8 Å². The molecule has 0 saturated carbocycles. The van der Waals surface area contributed by atoms with E-state index >= 15 is 0 Å². The maximum Gasteiger partial charge on any atom is 0.405 e. The van der Waals surface area contributed by atoms with Gasteiger partial charge in [0.15, 0.2) is 6.61 Å². The van der Waals surface area contributed by atoms with Crippen molar-refractivity contribution < 1.29 is 32.3 Å². The Bertz CT molecular complexity index is 617. The molecule has 0 heterocycles. The molecule has 0 aliphatic heterocycles. The van der Waals surface area contributed by atoms with Gasteiger partial charge in [-0.1, -0.05) is 12.1 Å². The van der Waals surface area contributed by atoms with Crippen LogP contribution >= 0.6 is 0 Å². The summed E-state index contributed by atoms with van der Waals surface area (Å²) in [7, 11) is 0. The molecule has 0 bridgehead atoms. The Labute approximate surface area is 129 Å². The molecule has 1 aromatic carbocycles. The molecule has 0 fully saturated rings. The van der Waals surface area contributed by atoms with E-state index in [0.717, 1.165) is 0 Å². The highest BCUT2D eigenvalue weighted by molar-refractivity contribution is 5.99. The van der Waals surface area contributed by atoms with Crippen molar-refractivity contribution in [2.75, 3.05) is 18.9 Å². The van der Waals surface area contributed by atoms with Crippen LogP contribution in [0.25, 0.3) is 0 Å². The number of anilines is 1. The molecule has 0 unspecified atom stereocenters. The fourth-order valence-electron chi connectivity index (χ4n) is 1.45. The summed E-state index contributed by atoms with van der Waals surface area (Å²) >= 11 is 0. The fourth-order valence-corrected chi connectivity index (χ4v) is 1.45. The number of imide groups is 1. The first-order valence-electron chi connectivity index (χ1n) is 6.27. The van der Waals surface area contributed by atoms with Crippen molar-refractivity contribution in [1.82, 2.24) is 10.6 Å². The van der Waals surface area contributed by atoms with Crippen LogP contribution in [-0.4, -0.2) is 37.2 Å². The molecular formula is C13H14F3N3O4. The number of amides is 3. The quantitative estimate of drug-likeness (QED) is 0.565. The maximum atomic E-state index is 11.9. The summed E-state index contributed by atoms with van der Waals surface area (Å²) in [4.78, 5) is 34.0. The van der Waals surface area contributed by atoms with Gasteiger partial charge in [0, 0.05) is 5.69 Å². The molecule has 0 saturated heterocycles. The lowest BCUT2D eigenvalue weighted by atomic mass is 10.1. The second-order valence-electron chi connectivity index (χ2n) is 4.46. The topological polar surface area (TPSA) is 111 Å². The highest BCUT2D eigenvalue weighted by Crippen LogP contribution is 2.17. The van der Waals surface area contributed by atoms with Gasteiger partial charge in [0.1, 0.15) is 6.54 Å². The van der Waals surface area contributed by atoms with Crippen LogP contribution < -0.4 is 16.4 Å². The van der Waals surface area contributed by atoms with Crippen LogP contribution in [0, 0.1) is 6.92 Å². The number of benzene rings is 1. The number of esters is 1. The third-order valence-corrected chi connectivity index (χ3v) is 2.58. The number of hydrogen-bond acceptors (Lipinski definition) is 5. The molecule has 0 radical (unpaired) electrons. The minimum atomic E-state index is -4.60. The van der Waals surface area contributed by atoms with Gasteiger partial charge in [-0.05, 0) is 18.6 Å². The van der Waals surface area contributed by atoms with Crippen molar-refractivity contribution in [2.24, 2.45) is 0 Å². The summed E-state index contributed by atoms with van der Waals surface area (Å²) in [5.74, 6) is -1.97. The number of ether oxygens (including phenoxy) is 1. The highest BCUT2D eigenvalue weighted by atomic mass is 19.4. The van der Waals surface area contributed by atoms with Crippen LogP contribution in [0.4, 0.5) is 23.7 Å². The predicted molar refractivity (Wildman–Crippen MR) is 73.5 cm³/mol. The molecule has 0 aromatic heterocycles. The molecule has 0 atom stereocenters. The van der Waals surface area contributed by atoms with Gasteiger partial charge in [-0.15, -0.1) is 0 Å². The number of aryl methyl sites for hydroxylation is 1. The summed E-state index contributed by atoms with van der Waals surface area (Å²) in [5, 5.41) is 3.02. The van der Waals surface area contributed by atoms with Gasteiger partial charge in [0.25, 0.3) is 5.91 Å². The van der Waals surface area contributed by atoms with E-state index in [9.17, 15) is 27.6 Å². The number of carbonyl (C=O) groups is 3. The fraction of sp³-hybridized carbons (Fsp3) is 0.308. The molecule has 7 nitrogen and oxygen atoms in total. The Hall–Kier alpha value is -2.78. The number of para-hydroxylation sites is 1. The number of nitrogens with two attached hydrogens (primary N) is 1. The Morgan fingerprint density at radius 1 is 1.26 bits per heavy atom. The summed E-state index contributed by atoms with van der Waals surface area (Å²) in [6.45, 7) is -0.763. The third-order valence-electron chi connectivity index (χ3n) is 2.58. The van der Waals surface area contributed by atoms with Crippen LogP contribution in [0.5, 0.6) is 0 Å². The van der Waals surface area contributed by atoms with Crippen molar-refractivity contribution in [3.05, 3.63) is 29.3 Å². The van der Waals surface area contributed by atoms with Crippen molar-refractivity contribution in [1.29, 1.82) is 0 Å². The van der Waals surface area contributed by atoms with E-state index in [2.05, 4.69) is 4.74 Å². The minimum Gasteiger partial charge on any atom is -0.452 e. The Morgan fingerprint density at radius 2 is 1.91 bits per heavy atom. The summed E-state index contributed by atoms with van der Waals surface area (Å²) in [5.41, 5.74) is 6.54. The average Bonchev–Trinajstić information content (AvgIpc) is 2.45. The first-order chi connectivity index (χ1) is 10.6. The molecule has 1 aromatic rings. The van der Waals surface area contributed by atoms with Crippen molar-refractivity contribution in [3.8, 4) is 0 Å². The van der Waals surface area contributed by atoms with Gasteiger partial charge in [-0.3, -0.25) is 10.1 Å². The van der Waals surface area contributed by atoms with Crippen molar-refractivity contribution in [3.63, 3.8) is 0 Å². The van der Waals surface area contributed by atoms with E-state index in [-0.39, 0.29) is 11.3 Å². The third kappa shape index (κ3) is 6.24. The Morgan fingerprint density at radius 3 is 2.52 bits per heavy atom. The molecule has 3 amide bonds. The molecular weight excluding hydrogens is 319 g/mol. The number of halogens is 3. The Kier molecular flexibility index (Phi) is 5.94. The molecule has 0 aliphatic rings. The van der Waals surface area contributed by atoms with Gasteiger partial charge in [0.2, 0.25) is 0 Å². The lowest BCUT2D eigenvalue weighted by Crippen LogP contribution is -2.44. The number of carbonyl (C=O) groups excluding carboxylic acids is 3. The van der Waals surface area contributed by atoms with E-state index in [1.807, 2.05) is 0 Å². The number of alkyl halides is 3. The standard InChI is InChI=1S/C13H14F3N3O4/c1-7-3-2-4-8(10(7)17)11(21)23-5-9(20)19-12(22)18-6-13(14,15)16/h2-4H,5-6,17H2,1H3,(H2,18,19,20,22). The molecule has 4 N–H and O–H groups in total. The van der Waals surface area contributed by atoms with Crippen LogP contribution in [0.3, 0.4) is 0 Å². The molecule has 23 heavy (non-hydrogen) atoms. The highest BCUT2D eigenvalue weighted by Gasteiger charge is 2.28. The first-order valence-corrected chi connectivity index (χ1v) is 6.27. The maximum absolute atomic E-state index is 11.9. The van der Waals surface area contributed by atoms with Gasteiger partial charge >= 0.3 is 18.2 Å². The summed E-state index contributed by atoms with van der Waals surface area (Å²) < 4.78 is 40.2. The van der Waals surface area contributed by atoms with Crippen LogP contribution in [0.15, 0.2) is 18.2 Å². The summed E-state index contributed by atoms with van der Waals surface area (Å²) in [6.07, 6.45) is -4.60. The SMILES string of the molecule is Cc1cccc(C(=O)OCC(=O)NC(=O)NCC(F)(F)F)c1N. The number of hydrogen-bond donors (Lipinski definition) is 3. The van der Waals surface area contributed by atoms with Crippen molar-refractivity contribution in [2.45, 2.75) is 13.1 Å². The zero-order valence-corrected chi connectivity index (χ0v) is 12.0. The zero-order valence-electron chi connectivity index (χ0n) is 12.0. The van der Waals surface area contributed by atoms with Crippen LogP contribution in [0.1, 0.15) is 15.9 Å². The van der Waals surface area contributed by atoms with E-state index in [1.165, 1.54) is 11.4 Å². The normalized spacial score (nSPS) is 10.8. The average molecular weight is 333 g/mol. The van der Waals surface area contributed by atoms with Crippen LogP contribution in [0.2, 0.25) is 0 Å². The van der Waals surface area contributed by atoms with Gasteiger partial charge in [-0.2, -0.15) is 13.2 Å². The van der Waals surface area contributed by atoms with E-state index in [0.29, 0.717) is 5.56 Å². The van der Waals surface area contributed by atoms with Gasteiger partial charge in [0.05, 0.1) is 5.56 Å². The molecule has 1 rings (SSSR count). The smallest absolute Gasteiger partial charge is 0.405 e. The molecule has 10 heteroatoms. The van der Waals surface area contributed by atoms with E-state index < -0.39 is 37.2 Å². The Balaban J connectivity index is 2.45. The molecule has 0 spiro atoms. The van der Waals surface area contributed by atoms with Crippen LogP contribution in [-0.2, 0) is 9.53 Å². The zero-order chi connectivity index (χ0) is 17.6. The predicted octanol–water partition coefficient (Wildman–Crippen LogP) is 1.12. The second-order valence-corrected chi connectivity index (χ2v) is 4.46. The lowest BCUT2D eigenvalue weighted by Gasteiger charge is -2.10. The number of urea groups is 1. The number of nitrogen functional groups attached to an aromatic ring is 1. The first kappa shape index (κ1) is 18.3. The minimum absolute atomic E-state index is 0.0410. The number of nitrogens with one attached hydrogen (secondary N) is 2. The number of rotatable bonds is 4. The molecule has 0 aliphatic carbocycles. The van der Waals surface area contributed by atoms with Crippen molar-refractivity contribution >= 4 is 23.6 Å². The largest absolute Gasteiger partial charge is 0.452 e. The summed E-state index contributed by atoms with van der Waals surface area (Å²) in [6, 6.07) is 3.27. The van der Waals surface area contributed by atoms with Gasteiger partial charge in [-0.25, -0.2) is 9.59 Å². The van der Waals surface area contributed by atoms with E-state index in [1.54, 1.807) is 24.4 Å². The second kappa shape index (κ2) is 7.47.